The summed E-state index contributed by atoms with van der Waals surface area (Å²) in [5.74, 6) is -6.24. The van der Waals surface area contributed by atoms with Gasteiger partial charge in [0.25, 0.3) is 0 Å². The minimum atomic E-state index is -3.12. The van der Waals surface area contributed by atoms with Crippen molar-refractivity contribution in [2.75, 3.05) is 0 Å². The zero-order valence-electron chi connectivity index (χ0n) is 13.3. The van der Waals surface area contributed by atoms with E-state index in [-0.39, 0.29) is 12.8 Å². The Labute approximate surface area is 135 Å². The maximum atomic E-state index is 11.1. The van der Waals surface area contributed by atoms with Crippen molar-refractivity contribution in [3.63, 3.8) is 0 Å². The molecule has 14 nitrogen and oxygen atoms in total. The van der Waals surface area contributed by atoms with E-state index < -0.39 is 50.5 Å². The van der Waals surface area contributed by atoms with E-state index in [2.05, 4.69) is 0 Å². The molecule has 0 unspecified atom stereocenters. The second kappa shape index (κ2) is 8.39. The number of nitrogens with zero attached hydrogens (tertiary/aromatic N) is 4. The molecule has 0 fully saturated rings. The van der Waals surface area contributed by atoms with Crippen LogP contribution in [0.15, 0.2) is 0 Å². The summed E-state index contributed by atoms with van der Waals surface area (Å²) in [7, 11) is 0. The van der Waals surface area contributed by atoms with Gasteiger partial charge in [0.1, 0.15) is 32.5 Å². The van der Waals surface area contributed by atoms with E-state index >= 15 is 0 Å². The quantitative estimate of drug-likeness (QED) is 0.281. The molecule has 0 aromatic rings. The van der Waals surface area contributed by atoms with Crippen LogP contribution < -0.4 is 0 Å². The van der Waals surface area contributed by atoms with Crippen molar-refractivity contribution in [3.05, 3.63) is 40.5 Å². The summed E-state index contributed by atoms with van der Waals surface area (Å²) in [4.78, 5) is 39.0. The van der Waals surface area contributed by atoms with Crippen LogP contribution in [0.2, 0.25) is 0 Å². The molecule has 0 spiro atoms. The predicted molar refractivity (Wildman–Crippen MR) is 74.9 cm³/mol. The van der Waals surface area contributed by atoms with E-state index in [0.717, 1.165) is 13.8 Å². The van der Waals surface area contributed by atoms with Crippen LogP contribution in [0, 0.1) is 40.5 Å². The first-order valence-corrected chi connectivity index (χ1v) is 6.97. The van der Waals surface area contributed by atoms with Gasteiger partial charge >= 0.3 is 11.7 Å². The molecular formula is C10H18N4O10. The lowest BCUT2D eigenvalue weighted by Gasteiger charge is -2.25. The molecule has 0 atom stereocenters. The molecule has 14 heteroatoms. The summed E-state index contributed by atoms with van der Waals surface area (Å²) < 4.78 is 9.56. The first-order chi connectivity index (χ1) is 11.0. The lowest BCUT2D eigenvalue weighted by Crippen LogP contribution is -2.55. The van der Waals surface area contributed by atoms with Gasteiger partial charge in [0.15, 0.2) is 6.29 Å². The lowest BCUT2D eigenvalue weighted by molar-refractivity contribution is -0.877. The number of hydrogen-bond acceptors (Lipinski definition) is 10. The topological polar surface area (TPSA) is 191 Å². The SMILES string of the molecule is CCCC(OC(CC)([N+](=O)[O-])[N+](=O)[O-])OC(CC)([N+](=O)[O-])[N+](=O)[O-]. The summed E-state index contributed by atoms with van der Waals surface area (Å²) in [5, 5.41) is 44.2. The molecule has 0 saturated carbocycles. The number of hydrogen-bond donors (Lipinski definition) is 0. The molecule has 0 saturated heterocycles. The van der Waals surface area contributed by atoms with Gasteiger partial charge in [-0.1, -0.05) is 13.3 Å². The highest BCUT2D eigenvalue weighted by Crippen LogP contribution is 2.28. The van der Waals surface area contributed by atoms with E-state index in [1.807, 2.05) is 0 Å². The number of ether oxygens (including phenoxy) is 2. The molecule has 0 aliphatic rings. The molecule has 138 valence electrons. The highest BCUT2D eigenvalue weighted by Gasteiger charge is 2.63. The van der Waals surface area contributed by atoms with Gasteiger partial charge in [0.05, 0.1) is 0 Å². The maximum Gasteiger partial charge on any atom is 0.580 e. The Bertz CT molecular complexity index is 440. The Morgan fingerprint density at radius 1 is 0.750 bits per heavy atom. The third-order valence-electron chi connectivity index (χ3n) is 3.23. The summed E-state index contributed by atoms with van der Waals surface area (Å²) in [5.41, 5.74) is 0. The van der Waals surface area contributed by atoms with Crippen molar-refractivity contribution in [1.82, 2.24) is 0 Å². The number of nitro groups is 4. The molecule has 0 bridgehead atoms. The molecule has 0 radical (unpaired) electrons. The van der Waals surface area contributed by atoms with Gasteiger partial charge in [-0.05, 0) is 20.3 Å². The van der Waals surface area contributed by atoms with Crippen LogP contribution >= 0.6 is 0 Å². The van der Waals surface area contributed by atoms with E-state index in [1.54, 1.807) is 0 Å². The second-order valence-electron chi connectivity index (χ2n) is 4.68. The van der Waals surface area contributed by atoms with Crippen LogP contribution in [0.5, 0.6) is 0 Å². The minimum absolute atomic E-state index is 0.190. The van der Waals surface area contributed by atoms with E-state index in [9.17, 15) is 40.5 Å². The average Bonchev–Trinajstić information content (AvgIpc) is 2.48. The van der Waals surface area contributed by atoms with Crippen LogP contribution in [0.1, 0.15) is 46.5 Å². The third kappa shape index (κ3) is 4.08. The van der Waals surface area contributed by atoms with Crippen molar-refractivity contribution in [3.8, 4) is 0 Å². The Morgan fingerprint density at radius 3 is 1.21 bits per heavy atom. The summed E-state index contributed by atoms with van der Waals surface area (Å²) >= 11 is 0. The zero-order valence-corrected chi connectivity index (χ0v) is 13.3. The smallest absolute Gasteiger partial charge is 0.256 e. The van der Waals surface area contributed by atoms with Crippen LogP contribution in [-0.2, 0) is 9.47 Å². The van der Waals surface area contributed by atoms with Gasteiger partial charge in [0, 0.05) is 0 Å². The average molecular weight is 354 g/mol. The standard InChI is InChI=1S/C10H18N4O10/c1-4-7-8(23-9(5-2,11(15)16)12(17)18)24-10(6-3,13(19)20)14(21)22/h8H,4-7H2,1-3H3. The molecule has 0 heterocycles. The third-order valence-corrected chi connectivity index (χ3v) is 3.23. The Kier molecular flexibility index (Phi) is 7.53. The van der Waals surface area contributed by atoms with Crippen molar-refractivity contribution in [1.29, 1.82) is 0 Å². The zero-order chi connectivity index (χ0) is 19.1. The normalized spacial score (nSPS) is 12.2. The van der Waals surface area contributed by atoms with Crippen molar-refractivity contribution in [2.24, 2.45) is 0 Å². The summed E-state index contributed by atoms with van der Waals surface area (Å²) in [6, 6.07) is 0. The van der Waals surface area contributed by atoms with Crippen LogP contribution in [0.25, 0.3) is 0 Å². The molecule has 0 aliphatic heterocycles. The van der Waals surface area contributed by atoms with Gasteiger partial charge in [-0.15, -0.1) is 0 Å². The fourth-order valence-corrected chi connectivity index (χ4v) is 1.79. The van der Waals surface area contributed by atoms with Crippen LogP contribution in [0.4, 0.5) is 0 Å². The fraction of sp³-hybridized carbons (Fsp3) is 1.00. The van der Waals surface area contributed by atoms with Gasteiger partial charge in [-0.3, -0.25) is 40.5 Å². The van der Waals surface area contributed by atoms with Gasteiger partial charge < -0.3 is 0 Å². The van der Waals surface area contributed by atoms with Gasteiger partial charge in [0.2, 0.25) is 0 Å². The fourth-order valence-electron chi connectivity index (χ4n) is 1.79. The number of rotatable bonds is 12. The molecule has 0 aromatic carbocycles. The molecular weight excluding hydrogens is 336 g/mol. The molecule has 0 N–H and O–H groups in total. The largest absolute Gasteiger partial charge is 0.580 e. The Balaban J connectivity index is 5.80. The Morgan fingerprint density at radius 2 is 1.04 bits per heavy atom. The predicted octanol–water partition coefficient (Wildman–Crippen LogP) is 1.38. The Hall–Kier alpha value is -2.48. The van der Waals surface area contributed by atoms with Crippen molar-refractivity contribution >= 4 is 0 Å². The molecule has 0 rings (SSSR count). The second-order valence-corrected chi connectivity index (χ2v) is 4.68. The first kappa shape index (κ1) is 21.5. The highest BCUT2D eigenvalue weighted by molar-refractivity contribution is 4.59. The molecule has 0 aliphatic carbocycles. The highest BCUT2D eigenvalue weighted by atomic mass is 16.8. The maximum absolute atomic E-state index is 11.1. The summed E-state index contributed by atoms with van der Waals surface area (Å²) in [6.07, 6.45) is -3.39. The van der Waals surface area contributed by atoms with Gasteiger partial charge in [-0.25, -0.2) is 9.47 Å². The molecule has 0 aromatic heterocycles. The van der Waals surface area contributed by atoms with Crippen LogP contribution in [-0.4, -0.2) is 37.7 Å². The van der Waals surface area contributed by atoms with E-state index in [0.29, 0.717) is 0 Å². The monoisotopic (exact) mass is 354 g/mol. The first-order valence-electron chi connectivity index (χ1n) is 6.97. The molecule has 24 heavy (non-hydrogen) atoms. The van der Waals surface area contributed by atoms with Crippen molar-refractivity contribution < 1.29 is 29.2 Å². The van der Waals surface area contributed by atoms with E-state index in [4.69, 9.17) is 9.47 Å². The van der Waals surface area contributed by atoms with Crippen molar-refractivity contribution in [2.45, 2.75) is 64.4 Å². The van der Waals surface area contributed by atoms with Gasteiger partial charge in [-0.2, -0.15) is 0 Å². The van der Waals surface area contributed by atoms with Crippen LogP contribution in [0.3, 0.4) is 0 Å². The molecule has 0 amide bonds. The lowest BCUT2D eigenvalue weighted by atomic mass is 10.2. The minimum Gasteiger partial charge on any atom is -0.256 e. The summed E-state index contributed by atoms with van der Waals surface area (Å²) in [6.45, 7) is 3.74. The van der Waals surface area contributed by atoms with E-state index in [1.165, 1.54) is 6.92 Å².